The Kier molecular flexibility index (Phi) is 4.05. The second-order valence-electron chi connectivity index (χ2n) is 5.47. The zero-order valence-electron chi connectivity index (χ0n) is 12.0. The topological polar surface area (TPSA) is 0 Å². The average Bonchev–Trinajstić information content (AvgIpc) is 2.46. The molecule has 0 N–H and O–H groups in total. The van der Waals surface area contributed by atoms with Gasteiger partial charge in [-0.15, -0.1) is 11.6 Å². The van der Waals surface area contributed by atoms with Gasteiger partial charge in [0.2, 0.25) is 0 Å². The zero-order chi connectivity index (χ0) is 15.0. The van der Waals surface area contributed by atoms with E-state index >= 15 is 0 Å². The van der Waals surface area contributed by atoms with E-state index in [1.807, 2.05) is 0 Å². The van der Waals surface area contributed by atoms with Gasteiger partial charge in [-0.25, -0.2) is 0 Å². The largest absolute Gasteiger partial charge is 0.113 e. The van der Waals surface area contributed by atoms with Crippen LogP contribution in [0.5, 0.6) is 0 Å². The first kappa shape index (κ1) is 14.6. The average molecular weight is 360 g/mol. The lowest BCUT2D eigenvalue weighted by Crippen LogP contribution is -1.97. The first-order valence-electron chi connectivity index (χ1n) is 6.95. The Morgan fingerprint density at radius 2 is 1.57 bits per heavy atom. The van der Waals surface area contributed by atoms with Gasteiger partial charge in [-0.2, -0.15) is 0 Å². The summed E-state index contributed by atoms with van der Waals surface area (Å²) in [4.78, 5) is 0. The van der Waals surface area contributed by atoms with Gasteiger partial charge in [0, 0.05) is 4.47 Å². The van der Waals surface area contributed by atoms with E-state index in [9.17, 15) is 0 Å². The maximum absolute atomic E-state index is 6.71. The van der Waals surface area contributed by atoms with Crippen LogP contribution < -0.4 is 0 Å². The van der Waals surface area contributed by atoms with Gasteiger partial charge in [0.05, 0.1) is 5.38 Å². The highest BCUT2D eigenvalue weighted by Gasteiger charge is 2.13. The second-order valence-corrected chi connectivity index (χ2v) is 6.83. The fraction of sp³-hybridized carbons (Fsp3) is 0.158. The Morgan fingerprint density at radius 1 is 0.857 bits per heavy atom. The van der Waals surface area contributed by atoms with Crippen molar-refractivity contribution in [3.8, 4) is 0 Å². The molecule has 1 atom stereocenters. The summed E-state index contributed by atoms with van der Waals surface area (Å²) in [5.41, 5.74) is 4.83. The van der Waals surface area contributed by atoms with Crippen LogP contribution in [0.3, 0.4) is 0 Å². The van der Waals surface area contributed by atoms with E-state index in [2.05, 4.69) is 84.4 Å². The highest BCUT2D eigenvalue weighted by Crippen LogP contribution is 2.33. The van der Waals surface area contributed by atoms with Crippen LogP contribution in [0.1, 0.15) is 27.6 Å². The van der Waals surface area contributed by atoms with E-state index in [4.69, 9.17) is 11.6 Å². The molecule has 0 saturated carbocycles. The van der Waals surface area contributed by atoms with Crippen molar-refractivity contribution in [1.82, 2.24) is 0 Å². The van der Waals surface area contributed by atoms with Crippen molar-refractivity contribution >= 4 is 38.3 Å². The van der Waals surface area contributed by atoms with Crippen molar-refractivity contribution in [2.24, 2.45) is 0 Å². The number of rotatable bonds is 2. The van der Waals surface area contributed by atoms with Gasteiger partial charge < -0.3 is 0 Å². The third kappa shape index (κ3) is 3.00. The Balaban J connectivity index is 2.04. The minimum atomic E-state index is -0.112. The number of hydrogen-bond acceptors (Lipinski definition) is 0. The molecule has 0 aliphatic carbocycles. The van der Waals surface area contributed by atoms with Crippen molar-refractivity contribution in [2.75, 3.05) is 0 Å². The van der Waals surface area contributed by atoms with Crippen molar-refractivity contribution in [3.05, 3.63) is 81.3 Å². The van der Waals surface area contributed by atoms with Crippen LogP contribution in [-0.4, -0.2) is 0 Å². The molecular weight excluding hydrogens is 344 g/mol. The molecule has 3 rings (SSSR count). The molecule has 0 fully saturated rings. The standard InChI is InChI=1S/C19H16BrCl/c1-12-3-8-18(13(2)9-12)19(21)16-5-4-15-11-17(20)7-6-14(15)10-16/h3-11,19H,1-2H3. The summed E-state index contributed by atoms with van der Waals surface area (Å²) in [7, 11) is 0. The Morgan fingerprint density at radius 3 is 2.33 bits per heavy atom. The number of hydrogen-bond donors (Lipinski definition) is 0. The molecule has 3 aromatic rings. The molecule has 0 aliphatic heterocycles. The third-order valence-corrected chi connectivity index (χ3v) is 4.80. The Bertz CT molecular complexity index is 808. The minimum Gasteiger partial charge on any atom is -0.113 e. The second kappa shape index (κ2) is 5.82. The summed E-state index contributed by atoms with van der Waals surface area (Å²) in [5, 5.41) is 2.32. The molecular formula is C19H16BrCl. The summed E-state index contributed by atoms with van der Waals surface area (Å²) in [6.45, 7) is 4.23. The fourth-order valence-electron chi connectivity index (χ4n) is 2.68. The summed E-state index contributed by atoms with van der Waals surface area (Å²) < 4.78 is 1.10. The van der Waals surface area contributed by atoms with Gasteiger partial charge in [0.1, 0.15) is 0 Å². The number of alkyl halides is 1. The molecule has 0 saturated heterocycles. The quantitative estimate of drug-likeness (QED) is 0.455. The van der Waals surface area contributed by atoms with Gasteiger partial charge in [0.25, 0.3) is 0 Å². The first-order valence-corrected chi connectivity index (χ1v) is 8.18. The number of aryl methyl sites for hydroxylation is 2. The Labute approximate surface area is 138 Å². The maximum Gasteiger partial charge on any atom is 0.0838 e. The number of halogens is 2. The zero-order valence-corrected chi connectivity index (χ0v) is 14.4. The monoisotopic (exact) mass is 358 g/mol. The molecule has 3 aromatic carbocycles. The lowest BCUT2D eigenvalue weighted by molar-refractivity contribution is 1.11. The lowest BCUT2D eigenvalue weighted by Gasteiger charge is -2.14. The van der Waals surface area contributed by atoms with Crippen LogP contribution >= 0.6 is 27.5 Å². The molecule has 0 nitrogen and oxygen atoms in total. The van der Waals surface area contributed by atoms with Crippen LogP contribution in [0.15, 0.2) is 59.1 Å². The first-order chi connectivity index (χ1) is 10.0. The van der Waals surface area contributed by atoms with Gasteiger partial charge in [0.15, 0.2) is 0 Å². The minimum absolute atomic E-state index is 0.112. The molecule has 0 amide bonds. The van der Waals surface area contributed by atoms with Gasteiger partial charge in [-0.05, 0) is 59.5 Å². The van der Waals surface area contributed by atoms with Gasteiger partial charge in [-0.1, -0.05) is 57.9 Å². The summed E-state index contributed by atoms with van der Waals surface area (Å²) in [5.74, 6) is 0. The molecule has 0 aliphatic rings. The van der Waals surface area contributed by atoms with Crippen molar-refractivity contribution in [3.63, 3.8) is 0 Å². The highest BCUT2D eigenvalue weighted by atomic mass is 79.9. The molecule has 21 heavy (non-hydrogen) atoms. The van der Waals surface area contributed by atoms with E-state index in [1.54, 1.807) is 0 Å². The van der Waals surface area contributed by atoms with E-state index in [-0.39, 0.29) is 5.38 Å². The molecule has 0 heterocycles. The van der Waals surface area contributed by atoms with E-state index < -0.39 is 0 Å². The summed E-state index contributed by atoms with van der Waals surface area (Å²) >= 11 is 10.2. The van der Waals surface area contributed by atoms with Crippen molar-refractivity contribution in [1.29, 1.82) is 0 Å². The molecule has 106 valence electrons. The normalized spacial score (nSPS) is 12.6. The molecule has 0 radical (unpaired) electrons. The fourth-order valence-corrected chi connectivity index (χ4v) is 3.44. The third-order valence-electron chi connectivity index (χ3n) is 3.82. The van der Waals surface area contributed by atoms with Crippen molar-refractivity contribution < 1.29 is 0 Å². The molecule has 0 bridgehead atoms. The molecule has 0 aromatic heterocycles. The molecule has 2 heteroatoms. The summed E-state index contributed by atoms with van der Waals surface area (Å²) in [6, 6.07) is 19.2. The number of benzene rings is 3. The SMILES string of the molecule is Cc1ccc(C(Cl)c2ccc3cc(Br)ccc3c2)c(C)c1. The maximum atomic E-state index is 6.71. The van der Waals surface area contributed by atoms with Crippen LogP contribution in [0.2, 0.25) is 0 Å². The predicted molar refractivity (Wildman–Crippen MR) is 95.3 cm³/mol. The lowest BCUT2D eigenvalue weighted by atomic mass is 9.97. The van der Waals surface area contributed by atoms with E-state index in [1.165, 1.54) is 27.5 Å². The predicted octanol–water partition coefficient (Wildman–Crippen LogP) is 6.55. The molecule has 0 spiro atoms. The van der Waals surface area contributed by atoms with E-state index in [0.29, 0.717) is 0 Å². The van der Waals surface area contributed by atoms with Gasteiger partial charge >= 0.3 is 0 Å². The van der Waals surface area contributed by atoms with Crippen LogP contribution in [0.4, 0.5) is 0 Å². The van der Waals surface area contributed by atoms with Crippen LogP contribution in [0, 0.1) is 13.8 Å². The van der Waals surface area contributed by atoms with E-state index in [0.717, 1.165) is 10.0 Å². The summed E-state index contributed by atoms with van der Waals surface area (Å²) in [6.07, 6.45) is 0. The van der Waals surface area contributed by atoms with Crippen molar-refractivity contribution in [2.45, 2.75) is 19.2 Å². The Hall–Kier alpha value is -1.31. The molecule has 1 unspecified atom stereocenters. The van der Waals surface area contributed by atoms with Crippen LogP contribution in [-0.2, 0) is 0 Å². The number of fused-ring (bicyclic) bond motifs is 1. The highest BCUT2D eigenvalue weighted by molar-refractivity contribution is 9.10. The smallest absolute Gasteiger partial charge is 0.0838 e. The van der Waals surface area contributed by atoms with Gasteiger partial charge in [-0.3, -0.25) is 0 Å². The van der Waals surface area contributed by atoms with Crippen LogP contribution in [0.25, 0.3) is 10.8 Å².